The van der Waals surface area contributed by atoms with E-state index in [9.17, 15) is 4.79 Å². The number of hydrogen-bond acceptors (Lipinski definition) is 2. The Balaban J connectivity index is 1.41. The predicted molar refractivity (Wildman–Crippen MR) is 84.4 cm³/mol. The molecule has 3 atom stereocenters. The minimum absolute atomic E-state index is 0.198. The fourth-order valence-corrected chi connectivity index (χ4v) is 3.65. The molecule has 1 aliphatic heterocycles. The quantitative estimate of drug-likeness (QED) is 0.873. The molecule has 22 heavy (non-hydrogen) atoms. The van der Waals surface area contributed by atoms with Gasteiger partial charge in [-0.1, -0.05) is 30.3 Å². The average molecular weight is 295 g/mol. The Morgan fingerprint density at radius 3 is 2.86 bits per heavy atom. The van der Waals surface area contributed by atoms with Crippen molar-refractivity contribution in [2.24, 2.45) is 5.92 Å². The summed E-state index contributed by atoms with van der Waals surface area (Å²) in [6.45, 7) is 1.73. The van der Waals surface area contributed by atoms with Crippen molar-refractivity contribution < 1.29 is 4.79 Å². The molecule has 4 rings (SSSR count). The molecular formula is C18H21N3O. The molecule has 0 spiro atoms. The number of carbonyl (C=O) groups is 1. The van der Waals surface area contributed by atoms with Crippen molar-refractivity contribution in [2.75, 3.05) is 13.1 Å². The molecule has 1 aromatic heterocycles. The molecule has 1 amide bonds. The first kappa shape index (κ1) is 13.6. The van der Waals surface area contributed by atoms with E-state index in [0.717, 1.165) is 32.4 Å². The van der Waals surface area contributed by atoms with Gasteiger partial charge in [0.1, 0.15) is 0 Å². The zero-order valence-corrected chi connectivity index (χ0v) is 12.6. The van der Waals surface area contributed by atoms with Gasteiger partial charge in [0.2, 0.25) is 5.91 Å². The highest BCUT2D eigenvalue weighted by Crippen LogP contribution is 2.48. The van der Waals surface area contributed by atoms with Crippen LogP contribution in [0.2, 0.25) is 0 Å². The van der Waals surface area contributed by atoms with Crippen molar-refractivity contribution in [3.05, 3.63) is 54.6 Å². The number of hydrogen-bond donors (Lipinski definition) is 0. The predicted octanol–water partition coefficient (Wildman–Crippen LogP) is 2.85. The van der Waals surface area contributed by atoms with Gasteiger partial charge >= 0.3 is 0 Å². The smallest absolute Gasteiger partial charge is 0.226 e. The van der Waals surface area contributed by atoms with E-state index in [1.54, 1.807) is 0 Å². The van der Waals surface area contributed by atoms with Crippen molar-refractivity contribution in [1.82, 2.24) is 14.5 Å². The number of likely N-dealkylation sites (tertiary alicyclic amines) is 1. The normalized spacial score (nSPS) is 27.6. The van der Waals surface area contributed by atoms with E-state index in [1.807, 2.05) is 24.8 Å². The van der Waals surface area contributed by atoms with Gasteiger partial charge in [0.15, 0.2) is 0 Å². The number of nitrogens with zero attached hydrogens (tertiary/aromatic N) is 3. The van der Waals surface area contributed by atoms with Crippen LogP contribution >= 0.6 is 0 Å². The molecule has 2 aliphatic rings. The van der Waals surface area contributed by atoms with Gasteiger partial charge in [-0.2, -0.15) is 0 Å². The Kier molecular flexibility index (Phi) is 3.45. The van der Waals surface area contributed by atoms with Gasteiger partial charge in [-0.15, -0.1) is 0 Å². The molecule has 1 saturated carbocycles. The standard InChI is InChI=1S/C18H21N3O/c22-18(17-11-16(17)14-5-2-1-3-6-14)20-9-4-7-15(12-20)21-10-8-19-13-21/h1-3,5-6,8,10,13,15-17H,4,7,9,11-12H2. The molecule has 1 aliphatic carbocycles. The van der Waals surface area contributed by atoms with Gasteiger partial charge in [-0.05, 0) is 30.7 Å². The fraction of sp³-hybridized carbons (Fsp3) is 0.444. The molecule has 2 fully saturated rings. The van der Waals surface area contributed by atoms with Crippen molar-refractivity contribution in [2.45, 2.75) is 31.2 Å². The molecule has 0 N–H and O–H groups in total. The Labute approximate surface area is 130 Å². The van der Waals surface area contributed by atoms with Crippen LogP contribution in [0.15, 0.2) is 49.1 Å². The summed E-state index contributed by atoms with van der Waals surface area (Å²) >= 11 is 0. The van der Waals surface area contributed by atoms with Gasteiger partial charge in [-0.25, -0.2) is 4.98 Å². The lowest BCUT2D eigenvalue weighted by Gasteiger charge is -2.33. The van der Waals surface area contributed by atoms with Gasteiger partial charge in [0, 0.05) is 31.4 Å². The fourth-order valence-electron chi connectivity index (χ4n) is 3.65. The van der Waals surface area contributed by atoms with Crippen LogP contribution in [0.5, 0.6) is 0 Å². The summed E-state index contributed by atoms with van der Waals surface area (Å²) in [7, 11) is 0. The second-order valence-corrected chi connectivity index (χ2v) is 6.45. The second kappa shape index (κ2) is 5.59. The highest BCUT2D eigenvalue weighted by Gasteiger charge is 2.46. The van der Waals surface area contributed by atoms with E-state index in [2.05, 4.69) is 38.7 Å². The molecule has 1 saturated heterocycles. The van der Waals surface area contributed by atoms with E-state index < -0.39 is 0 Å². The van der Waals surface area contributed by atoms with Crippen molar-refractivity contribution in [3.63, 3.8) is 0 Å². The average Bonchev–Trinajstić information content (AvgIpc) is 3.19. The summed E-state index contributed by atoms with van der Waals surface area (Å²) in [6, 6.07) is 10.8. The molecule has 4 nitrogen and oxygen atoms in total. The number of carbonyl (C=O) groups excluding carboxylic acids is 1. The highest BCUT2D eigenvalue weighted by atomic mass is 16.2. The minimum atomic E-state index is 0.198. The summed E-state index contributed by atoms with van der Waals surface area (Å²) in [4.78, 5) is 19.0. The molecule has 3 unspecified atom stereocenters. The van der Waals surface area contributed by atoms with Crippen LogP contribution in [-0.4, -0.2) is 33.4 Å². The van der Waals surface area contributed by atoms with Crippen molar-refractivity contribution >= 4 is 5.91 Å². The summed E-state index contributed by atoms with van der Waals surface area (Å²) in [5.74, 6) is 0.977. The van der Waals surface area contributed by atoms with Crippen molar-refractivity contribution in [1.29, 1.82) is 0 Å². The number of aromatic nitrogens is 2. The molecular weight excluding hydrogens is 274 g/mol. The molecule has 4 heteroatoms. The largest absolute Gasteiger partial charge is 0.340 e. The van der Waals surface area contributed by atoms with E-state index in [0.29, 0.717) is 17.9 Å². The first-order valence-electron chi connectivity index (χ1n) is 8.14. The lowest BCUT2D eigenvalue weighted by atomic mass is 10.0. The van der Waals surface area contributed by atoms with Crippen LogP contribution in [-0.2, 0) is 4.79 Å². The van der Waals surface area contributed by atoms with Crippen LogP contribution < -0.4 is 0 Å². The first-order valence-corrected chi connectivity index (χ1v) is 8.14. The molecule has 2 heterocycles. The molecule has 114 valence electrons. The third-order valence-corrected chi connectivity index (χ3v) is 4.99. The number of rotatable bonds is 3. The molecule has 0 radical (unpaired) electrons. The lowest BCUT2D eigenvalue weighted by Crippen LogP contribution is -2.41. The number of imidazole rings is 1. The van der Waals surface area contributed by atoms with Gasteiger partial charge in [0.25, 0.3) is 0 Å². The number of benzene rings is 1. The second-order valence-electron chi connectivity index (χ2n) is 6.45. The van der Waals surface area contributed by atoms with Crippen LogP contribution in [0, 0.1) is 5.92 Å². The van der Waals surface area contributed by atoms with Gasteiger partial charge in [-0.3, -0.25) is 4.79 Å². The Bertz CT molecular complexity index is 638. The van der Waals surface area contributed by atoms with Crippen LogP contribution in [0.1, 0.15) is 36.8 Å². The first-order chi connectivity index (χ1) is 10.8. The molecule has 2 aromatic rings. The third kappa shape index (κ3) is 2.54. The maximum Gasteiger partial charge on any atom is 0.226 e. The number of amides is 1. The topological polar surface area (TPSA) is 38.1 Å². The zero-order valence-electron chi connectivity index (χ0n) is 12.6. The van der Waals surface area contributed by atoms with Gasteiger partial charge in [0.05, 0.1) is 12.4 Å². The van der Waals surface area contributed by atoms with E-state index in [4.69, 9.17) is 0 Å². The SMILES string of the molecule is O=C(C1CC1c1ccccc1)N1CCCC(n2ccnc2)C1. The Morgan fingerprint density at radius 1 is 1.23 bits per heavy atom. The van der Waals surface area contributed by atoms with Gasteiger partial charge < -0.3 is 9.47 Å². The summed E-state index contributed by atoms with van der Waals surface area (Å²) in [5.41, 5.74) is 1.31. The van der Waals surface area contributed by atoms with Crippen LogP contribution in [0.25, 0.3) is 0 Å². The maximum absolute atomic E-state index is 12.8. The Hall–Kier alpha value is -2.10. The van der Waals surface area contributed by atoms with E-state index in [-0.39, 0.29) is 5.92 Å². The van der Waals surface area contributed by atoms with E-state index >= 15 is 0 Å². The number of piperidine rings is 1. The molecule has 0 bridgehead atoms. The summed E-state index contributed by atoms with van der Waals surface area (Å²) < 4.78 is 2.14. The zero-order chi connectivity index (χ0) is 14.9. The molecule has 1 aromatic carbocycles. The summed E-state index contributed by atoms with van der Waals surface area (Å²) in [5, 5.41) is 0. The minimum Gasteiger partial charge on any atom is -0.340 e. The highest BCUT2D eigenvalue weighted by molar-refractivity contribution is 5.83. The Morgan fingerprint density at radius 2 is 2.09 bits per heavy atom. The summed E-state index contributed by atoms with van der Waals surface area (Å²) in [6.07, 6.45) is 8.90. The van der Waals surface area contributed by atoms with Crippen molar-refractivity contribution in [3.8, 4) is 0 Å². The maximum atomic E-state index is 12.8. The van der Waals surface area contributed by atoms with Crippen LogP contribution in [0.4, 0.5) is 0 Å². The lowest BCUT2D eigenvalue weighted by molar-refractivity contribution is -0.134. The third-order valence-electron chi connectivity index (χ3n) is 4.99. The monoisotopic (exact) mass is 295 g/mol. The van der Waals surface area contributed by atoms with E-state index in [1.165, 1.54) is 5.56 Å². The van der Waals surface area contributed by atoms with Crippen LogP contribution in [0.3, 0.4) is 0 Å².